The molecule has 0 aromatic rings. The van der Waals surface area contributed by atoms with Gasteiger partial charge in [-0.1, -0.05) is 90.0 Å². The maximum Gasteiger partial charge on any atom is 0.327 e. The lowest BCUT2D eigenvalue weighted by Crippen LogP contribution is -1.86. The van der Waals surface area contributed by atoms with Gasteiger partial charge in [0, 0.05) is 15.6 Å². The highest BCUT2D eigenvalue weighted by atomic mass is 16.4. The van der Waals surface area contributed by atoms with Gasteiger partial charge in [-0.05, 0) is 12.7 Å². The Morgan fingerprint density at radius 3 is 2.10 bits per heavy atom. The molecule has 0 fully saturated rings. The van der Waals surface area contributed by atoms with Gasteiger partial charge >= 0.3 is 5.97 Å². The predicted octanol–water partition coefficient (Wildman–Crippen LogP) is 6.11. The SMILES string of the molecule is [2H]/C(C(=O)O)=C(\[2H])C([2H])([2H])C([2H])([2H])C([2H])([2H])C([2H])CCCCCCCCCCC. The zero-order chi connectivity index (χ0) is 22.9. The van der Waals surface area contributed by atoms with Crippen LogP contribution in [-0.4, -0.2) is 11.1 Å². The van der Waals surface area contributed by atoms with E-state index in [0.717, 1.165) is 25.7 Å². The van der Waals surface area contributed by atoms with Crippen molar-refractivity contribution in [2.75, 3.05) is 0 Å². The lowest BCUT2D eigenvalue weighted by Gasteiger charge is -2.02. The molecule has 1 atom stereocenters. The zero-order valence-electron chi connectivity index (χ0n) is 21.5. The average Bonchev–Trinajstić information content (AvgIpc) is 2.64. The molecule has 20 heavy (non-hydrogen) atoms. The molecule has 0 aliphatic rings. The van der Waals surface area contributed by atoms with Crippen molar-refractivity contribution < 1.29 is 22.2 Å². The molecular weight excluding hydrogens is 248 g/mol. The fourth-order valence-corrected chi connectivity index (χ4v) is 1.83. The maximum absolute atomic E-state index is 10.8. The number of aliphatic carboxylic acids is 1. The molecule has 0 aliphatic carbocycles. The number of carboxylic acid groups (broad SMARTS) is 1. The Labute approximate surface area is 138 Å². The van der Waals surface area contributed by atoms with Crippen molar-refractivity contribution in [1.29, 1.82) is 0 Å². The van der Waals surface area contributed by atoms with Gasteiger partial charge in [0.2, 0.25) is 0 Å². The van der Waals surface area contributed by atoms with Gasteiger partial charge in [0.15, 0.2) is 0 Å². The summed E-state index contributed by atoms with van der Waals surface area (Å²) in [5, 5.41) is 8.76. The lowest BCUT2D eigenvalue weighted by molar-refractivity contribution is -0.131. The maximum atomic E-state index is 10.8. The standard InChI is InChI=1S/C18H34O2/c1-2-3-4-5-6-7-8-9-10-11-12-13-14-15-16-17-18(19)20/h16-17H,2-15H2,1H3,(H,19,20)/b17-16-/i12D,13D2,14D2,15D2,16D,17D. The van der Waals surface area contributed by atoms with E-state index < -0.39 is 43.6 Å². The van der Waals surface area contributed by atoms with Gasteiger partial charge in [0.25, 0.3) is 0 Å². The first-order valence-electron chi connectivity index (χ1n) is 12.2. The van der Waals surface area contributed by atoms with Gasteiger partial charge in [-0.15, -0.1) is 0 Å². The molecule has 1 N–H and O–H groups in total. The third-order valence-electron chi connectivity index (χ3n) is 2.92. The van der Waals surface area contributed by atoms with E-state index >= 15 is 0 Å². The summed E-state index contributed by atoms with van der Waals surface area (Å²) in [6.45, 7) is 2.16. The van der Waals surface area contributed by atoms with Gasteiger partial charge in [-0.3, -0.25) is 0 Å². The number of hydrogen-bond donors (Lipinski definition) is 1. The second-order valence-corrected chi connectivity index (χ2v) is 4.77. The monoisotopic (exact) mass is 291 g/mol. The molecule has 0 aliphatic heterocycles. The summed E-state index contributed by atoms with van der Waals surface area (Å²) in [5.41, 5.74) is 0. The number of hydrogen-bond acceptors (Lipinski definition) is 1. The van der Waals surface area contributed by atoms with E-state index in [-0.39, 0.29) is 6.42 Å². The van der Waals surface area contributed by atoms with Crippen molar-refractivity contribution in [2.45, 2.75) is 96.6 Å². The molecular formula is C18H34O2. The highest BCUT2D eigenvalue weighted by Gasteiger charge is 1.93. The Bertz CT molecular complexity index is 547. The summed E-state index contributed by atoms with van der Waals surface area (Å²) in [5.74, 6) is -1.90. The molecule has 0 bridgehead atoms. The van der Waals surface area contributed by atoms with Crippen LogP contribution < -0.4 is 0 Å². The van der Waals surface area contributed by atoms with Crippen LogP contribution in [0.1, 0.15) is 109 Å². The number of allylic oxidation sites excluding steroid dienone is 1. The number of carbonyl (C=O) groups is 1. The van der Waals surface area contributed by atoms with Crippen LogP contribution in [0.3, 0.4) is 0 Å². The minimum atomic E-state index is -3.37. The highest BCUT2D eigenvalue weighted by molar-refractivity contribution is 5.79. The summed E-state index contributed by atoms with van der Waals surface area (Å²) < 4.78 is 70.2. The van der Waals surface area contributed by atoms with Crippen molar-refractivity contribution in [3.05, 3.63) is 12.1 Å². The molecule has 2 heteroatoms. The van der Waals surface area contributed by atoms with E-state index in [4.69, 9.17) is 17.4 Å². The third kappa shape index (κ3) is 17.2. The minimum absolute atomic E-state index is 0.0299. The molecule has 1 unspecified atom stereocenters. The van der Waals surface area contributed by atoms with Crippen LogP contribution >= 0.6 is 0 Å². The summed E-state index contributed by atoms with van der Waals surface area (Å²) >= 11 is 0. The first-order chi connectivity index (χ1) is 13.2. The van der Waals surface area contributed by atoms with Crippen molar-refractivity contribution in [3.63, 3.8) is 0 Å². The molecule has 0 spiro atoms. The van der Waals surface area contributed by atoms with E-state index in [1.165, 1.54) is 25.7 Å². The summed E-state index contributed by atoms with van der Waals surface area (Å²) in [7, 11) is 0. The number of unbranched alkanes of at least 4 members (excludes halogenated alkanes) is 8. The molecule has 118 valence electrons. The molecule has 0 heterocycles. The van der Waals surface area contributed by atoms with Crippen LogP contribution in [-0.2, 0) is 4.79 Å². The first-order valence-corrected chi connectivity index (χ1v) is 7.58. The van der Waals surface area contributed by atoms with Crippen molar-refractivity contribution in [1.82, 2.24) is 0 Å². The molecule has 0 aromatic carbocycles. The molecule has 0 radical (unpaired) electrons. The minimum Gasteiger partial charge on any atom is -0.478 e. The summed E-state index contributed by atoms with van der Waals surface area (Å²) in [4.78, 5) is 10.8. The largest absolute Gasteiger partial charge is 0.478 e. The molecule has 0 rings (SSSR count). The quantitative estimate of drug-likeness (QED) is 0.292. The molecule has 0 amide bonds. The van der Waals surface area contributed by atoms with Gasteiger partial charge in [-0.25, -0.2) is 4.79 Å². The zero-order valence-corrected chi connectivity index (χ0v) is 12.5. The molecule has 0 saturated carbocycles. The Morgan fingerprint density at radius 2 is 1.55 bits per heavy atom. The van der Waals surface area contributed by atoms with Crippen molar-refractivity contribution in [2.24, 2.45) is 0 Å². The Kier molecular flexibility index (Phi) is 7.00. The van der Waals surface area contributed by atoms with Crippen molar-refractivity contribution in [3.8, 4) is 0 Å². The van der Waals surface area contributed by atoms with Crippen LogP contribution in [0.4, 0.5) is 0 Å². The lowest BCUT2D eigenvalue weighted by atomic mass is 10.0. The van der Waals surface area contributed by atoms with E-state index in [9.17, 15) is 4.79 Å². The predicted molar refractivity (Wildman–Crippen MR) is 87.1 cm³/mol. The van der Waals surface area contributed by atoms with Gasteiger partial charge in [-0.2, -0.15) is 0 Å². The second-order valence-electron chi connectivity index (χ2n) is 4.77. The third-order valence-corrected chi connectivity index (χ3v) is 2.92. The molecule has 2 nitrogen and oxygen atoms in total. The fraction of sp³-hybridized carbons (Fsp3) is 0.833. The van der Waals surface area contributed by atoms with Gasteiger partial charge < -0.3 is 5.11 Å². The van der Waals surface area contributed by atoms with E-state index in [0.29, 0.717) is 6.42 Å². The highest BCUT2D eigenvalue weighted by Crippen LogP contribution is 2.12. The van der Waals surface area contributed by atoms with E-state index in [1.54, 1.807) is 0 Å². The smallest absolute Gasteiger partial charge is 0.327 e. The van der Waals surface area contributed by atoms with Crippen LogP contribution in [0.25, 0.3) is 0 Å². The summed E-state index contributed by atoms with van der Waals surface area (Å²) in [6, 6.07) is -2.88. The first kappa shape index (κ1) is 8.60. The topological polar surface area (TPSA) is 37.3 Å². The average molecular weight is 292 g/mol. The van der Waals surface area contributed by atoms with Gasteiger partial charge in [0.1, 0.15) is 0 Å². The number of rotatable bonds is 15. The molecule has 0 saturated heterocycles. The Hall–Kier alpha value is -0.790. The van der Waals surface area contributed by atoms with E-state index in [2.05, 4.69) is 6.92 Å². The van der Waals surface area contributed by atoms with Crippen LogP contribution in [0.15, 0.2) is 12.1 Å². The van der Waals surface area contributed by atoms with Crippen LogP contribution in [0, 0.1) is 0 Å². The fourth-order valence-electron chi connectivity index (χ4n) is 1.83. The summed E-state index contributed by atoms with van der Waals surface area (Å²) in [6.07, 6.45) is -2.02. The Morgan fingerprint density at radius 1 is 1.00 bits per heavy atom. The van der Waals surface area contributed by atoms with Crippen LogP contribution in [0.5, 0.6) is 0 Å². The second kappa shape index (κ2) is 16.3. The normalized spacial score (nSPS) is 22.6. The van der Waals surface area contributed by atoms with Gasteiger partial charge in [0.05, 0.1) is 2.74 Å². The van der Waals surface area contributed by atoms with E-state index in [1.807, 2.05) is 0 Å². The Balaban J connectivity index is 4.83. The van der Waals surface area contributed by atoms with Crippen LogP contribution in [0.2, 0.25) is 0 Å². The molecule has 0 aromatic heterocycles. The number of carboxylic acids is 1. The van der Waals surface area contributed by atoms with Crippen molar-refractivity contribution >= 4 is 5.97 Å².